The number of aryl methyl sites for hydroxylation is 2. The summed E-state index contributed by atoms with van der Waals surface area (Å²) < 4.78 is 41.8. The minimum absolute atomic E-state index is 0.113. The van der Waals surface area contributed by atoms with Crippen LogP contribution in [0.3, 0.4) is 0 Å². The molecule has 1 amide bonds. The fourth-order valence-electron chi connectivity index (χ4n) is 3.51. The van der Waals surface area contributed by atoms with Crippen LogP contribution in [0.25, 0.3) is 0 Å². The van der Waals surface area contributed by atoms with Gasteiger partial charge in [-0.3, -0.25) is 4.79 Å². The molecule has 3 rings (SSSR count). The van der Waals surface area contributed by atoms with Crippen molar-refractivity contribution in [3.63, 3.8) is 0 Å². The molecular formula is C21H22F3NO. The number of carbonyl (C=O) groups is 1. The van der Waals surface area contributed by atoms with Gasteiger partial charge in [-0.2, -0.15) is 0 Å². The van der Waals surface area contributed by atoms with Gasteiger partial charge >= 0.3 is 0 Å². The summed E-state index contributed by atoms with van der Waals surface area (Å²) in [7, 11) is 0. The Morgan fingerprint density at radius 2 is 1.96 bits per heavy atom. The molecule has 1 unspecified atom stereocenters. The summed E-state index contributed by atoms with van der Waals surface area (Å²) >= 11 is 0. The third kappa shape index (κ3) is 3.76. The van der Waals surface area contributed by atoms with Crippen molar-refractivity contribution < 1.29 is 18.0 Å². The van der Waals surface area contributed by atoms with Gasteiger partial charge in [0.2, 0.25) is 6.41 Å². The monoisotopic (exact) mass is 361 g/mol. The predicted molar refractivity (Wildman–Crippen MR) is 95.9 cm³/mol. The summed E-state index contributed by atoms with van der Waals surface area (Å²) in [6, 6.07) is 8.79. The van der Waals surface area contributed by atoms with E-state index in [9.17, 15) is 18.0 Å². The Kier molecular flexibility index (Phi) is 5.08. The Bertz CT molecular complexity index is 813. The third-order valence-electron chi connectivity index (χ3n) is 5.07. The summed E-state index contributed by atoms with van der Waals surface area (Å²) in [4.78, 5) is 13.1. The molecule has 1 atom stereocenters. The Morgan fingerprint density at radius 1 is 1.19 bits per heavy atom. The van der Waals surface area contributed by atoms with Crippen molar-refractivity contribution in [1.29, 1.82) is 0 Å². The summed E-state index contributed by atoms with van der Waals surface area (Å²) in [6.07, 6.45) is 3.20. The number of carbonyl (C=O) groups excluding carboxylic acids is 1. The summed E-state index contributed by atoms with van der Waals surface area (Å²) in [5.74, 6) is -0.820. The maximum Gasteiger partial charge on any atom is 0.214 e. The van der Waals surface area contributed by atoms with Gasteiger partial charge in [-0.15, -0.1) is 0 Å². The largest absolute Gasteiger partial charge is 0.312 e. The molecule has 0 aromatic heterocycles. The van der Waals surface area contributed by atoms with Crippen molar-refractivity contribution in [2.45, 2.75) is 51.2 Å². The van der Waals surface area contributed by atoms with E-state index in [2.05, 4.69) is 0 Å². The van der Waals surface area contributed by atoms with E-state index < -0.39 is 11.5 Å². The maximum atomic E-state index is 14.3. The van der Waals surface area contributed by atoms with Gasteiger partial charge in [-0.05, 0) is 74.4 Å². The molecule has 0 bridgehead atoms. The third-order valence-corrected chi connectivity index (χ3v) is 5.07. The van der Waals surface area contributed by atoms with Gasteiger partial charge in [0.1, 0.15) is 17.3 Å². The molecule has 0 N–H and O–H groups in total. The van der Waals surface area contributed by atoms with Crippen LogP contribution < -0.4 is 4.90 Å². The molecular weight excluding hydrogens is 339 g/mol. The molecule has 5 heteroatoms. The van der Waals surface area contributed by atoms with E-state index in [0.717, 1.165) is 18.4 Å². The molecule has 1 aliphatic rings. The topological polar surface area (TPSA) is 20.3 Å². The highest BCUT2D eigenvalue weighted by Gasteiger charge is 2.27. The van der Waals surface area contributed by atoms with Crippen LogP contribution in [0.2, 0.25) is 0 Å². The average Bonchev–Trinajstić information content (AvgIpc) is 2.59. The van der Waals surface area contributed by atoms with Crippen LogP contribution >= 0.6 is 0 Å². The second-order valence-electron chi connectivity index (χ2n) is 7.30. The predicted octanol–water partition coefficient (Wildman–Crippen LogP) is 5.08. The van der Waals surface area contributed by atoms with Crippen LogP contribution in [0, 0.1) is 11.6 Å². The summed E-state index contributed by atoms with van der Waals surface area (Å²) in [6.45, 7) is 2.78. The van der Waals surface area contributed by atoms with Crippen LogP contribution in [0.1, 0.15) is 43.4 Å². The minimum atomic E-state index is -1.59. The number of benzene rings is 2. The molecule has 0 saturated heterocycles. The number of halogens is 3. The van der Waals surface area contributed by atoms with E-state index in [1.807, 2.05) is 0 Å². The lowest BCUT2D eigenvalue weighted by Gasteiger charge is -2.34. The van der Waals surface area contributed by atoms with Gasteiger partial charge in [0.15, 0.2) is 0 Å². The smallest absolute Gasteiger partial charge is 0.214 e. The van der Waals surface area contributed by atoms with Gasteiger partial charge in [-0.25, -0.2) is 13.2 Å². The zero-order valence-corrected chi connectivity index (χ0v) is 14.9. The van der Waals surface area contributed by atoms with E-state index in [-0.39, 0.29) is 11.9 Å². The highest BCUT2D eigenvalue weighted by molar-refractivity contribution is 5.79. The lowest BCUT2D eigenvalue weighted by atomic mass is 9.91. The number of alkyl halides is 1. The quantitative estimate of drug-likeness (QED) is 0.680. The molecule has 0 fully saturated rings. The number of hydrogen-bond donors (Lipinski definition) is 0. The second-order valence-corrected chi connectivity index (χ2v) is 7.30. The molecule has 0 aliphatic carbocycles. The van der Waals surface area contributed by atoms with Gasteiger partial charge in [0.25, 0.3) is 0 Å². The van der Waals surface area contributed by atoms with E-state index in [4.69, 9.17) is 0 Å². The fourth-order valence-corrected chi connectivity index (χ4v) is 3.51. The first-order chi connectivity index (χ1) is 12.3. The molecule has 2 aromatic carbocycles. The first-order valence-electron chi connectivity index (χ1n) is 8.79. The molecule has 2 nitrogen and oxygen atoms in total. The zero-order valence-electron chi connectivity index (χ0n) is 14.9. The van der Waals surface area contributed by atoms with Gasteiger partial charge < -0.3 is 4.90 Å². The second kappa shape index (κ2) is 7.14. The Labute approximate surface area is 151 Å². The van der Waals surface area contributed by atoms with E-state index in [1.165, 1.54) is 32.0 Å². The lowest BCUT2D eigenvalue weighted by molar-refractivity contribution is -0.108. The molecule has 1 heterocycles. The lowest BCUT2D eigenvalue weighted by Crippen LogP contribution is -2.38. The van der Waals surface area contributed by atoms with Crippen LogP contribution in [-0.2, 0) is 23.3 Å². The van der Waals surface area contributed by atoms with E-state index in [0.29, 0.717) is 36.1 Å². The highest BCUT2D eigenvalue weighted by Crippen LogP contribution is 2.32. The Balaban J connectivity index is 1.75. The SMILES string of the molecule is CC(C)(F)c1ccc(CCC2CCc3ccc(F)cc3N2C=O)c(F)c1. The number of nitrogens with zero attached hydrogens (tertiary/aromatic N) is 1. The summed E-state index contributed by atoms with van der Waals surface area (Å²) in [5, 5.41) is 0. The first-order valence-corrected chi connectivity index (χ1v) is 8.79. The molecule has 1 aliphatic heterocycles. The minimum Gasteiger partial charge on any atom is -0.312 e. The molecule has 0 saturated carbocycles. The van der Waals surface area contributed by atoms with E-state index >= 15 is 0 Å². The Hall–Kier alpha value is -2.30. The standard InChI is InChI=1S/C21H22F3NO/c1-21(2,24)16-7-3-14(19(23)11-16)5-9-18-10-6-15-4-8-17(22)12-20(15)25(18)13-26/h3-4,7-8,11-13,18H,5-6,9-10H2,1-2H3. The zero-order chi connectivity index (χ0) is 18.9. The number of hydrogen-bond acceptors (Lipinski definition) is 1. The molecule has 0 radical (unpaired) electrons. The van der Waals surface area contributed by atoms with E-state index in [1.54, 1.807) is 23.1 Å². The number of rotatable bonds is 5. The van der Waals surface area contributed by atoms with Gasteiger partial charge in [0.05, 0.1) is 0 Å². The van der Waals surface area contributed by atoms with Crippen molar-refractivity contribution in [3.05, 3.63) is 64.7 Å². The average molecular weight is 361 g/mol. The van der Waals surface area contributed by atoms with Crippen molar-refractivity contribution >= 4 is 12.1 Å². The molecule has 2 aromatic rings. The number of anilines is 1. The molecule has 26 heavy (non-hydrogen) atoms. The van der Waals surface area contributed by atoms with Crippen molar-refractivity contribution in [2.24, 2.45) is 0 Å². The highest BCUT2D eigenvalue weighted by atomic mass is 19.1. The fraction of sp³-hybridized carbons (Fsp3) is 0.381. The first kappa shape index (κ1) is 18.5. The van der Waals surface area contributed by atoms with Crippen LogP contribution in [0.5, 0.6) is 0 Å². The van der Waals surface area contributed by atoms with Crippen LogP contribution in [0.4, 0.5) is 18.9 Å². The van der Waals surface area contributed by atoms with Crippen molar-refractivity contribution in [3.8, 4) is 0 Å². The maximum absolute atomic E-state index is 14.3. The molecule has 138 valence electrons. The van der Waals surface area contributed by atoms with Crippen molar-refractivity contribution in [2.75, 3.05) is 4.90 Å². The summed E-state index contributed by atoms with van der Waals surface area (Å²) in [5.41, 5.74) is 0.733. The van der Waals surface area contributed by atoms with Crippen LogP contribution in [-0.4, -0.2) is 12.5 Å². The number of fused-ring (bicyclic) bond motifs is 1. The van der Waals surface area contributed by atoms with Gasteiger partial charge in [-0.1, -0.05) is 18.2 Å². The molecule has 0 spiro atoms. The number of amides is 1. The Morgan fingerprint density at radius 3 is 2.62 bits per heavy atom. The normalized spacial score (nSPS) is 17.1. The van der Waals surface area contributed by atoms with Gasteiger partial charge in [0, 0.05) is 11.7 Å². The van der Waals surface area contributed by atoms with Crippen molar-refractivity contribution in [1.82, 2.24) is 0 Å². The van der Waals surface area contributed by atoms with Crippen LogP contribution in [0.15, 0.2) is 36.4 Å².